The van der Waals surface area contributed by atoms with E-state index in [-0.39, 0.29) is 18.5 Å². The molecule has 8 heteroatoms. The summed E-state index contributed by atoms with van der Waals surface area (Å²) < 4.78 is 30.1. The van der Waals surface area contributed by atoms with Crippen LogP contribution >= 0.6 is 0 Å². The van der Waals surface area contributed by atoms with Gasteiger partial charge in [-0.2, -0.15) is 0 Å². The lowest BCUT2D eigenvalue weighted by molar-refractivity contribution is -0.631. The van der Waals surface area contributed by atoms with Gasteiger partial charge in [-0.3, -0.25) is 10.1 Å². The first-order chi connectivity index (χ1) is 10.1. The van der Waals surface area contributed by atoms with E-state index in [1.54, 1.807) is 13.8 Å². The van der Waals surface area contributed by atoms with Crippen molar-refractivity contribution in [1.82, 2.24) is 0 Å². The normalized spacial score (nSPS) is 23.0. The number of nitro groups is 1. The summed E-state index contributed by atoms with van der Waals surface area (Å²) in [7, 11) is 0. The maximum atomic E-state index is 13.7. The molecule has 1 fully saturated rings. The predicted octanol–water partition coefficient (Wildman–Crippen LogP) is 1.80. The van der Waals surface area contributed by atoms with E-state index in [0.29, 0.717) is 6.61 Å². The highest BCUT2D eigenvalue weighted by Crippen LogP contribution is 2.28. The molecule has 0 amide bonds. The molecule has 0 aromatic heterocycles. The Morgan fingerprint density at radius 1 is 1.59 bits per heavy atom. The molecular formula is C14H18FNO6. The van der Waals surface area contributed by atoms with Crippen molar-refractivity contribution in [3.05, 3.63) is 39.7 Å². The number of halogens is 1. The third kappa shape index (κ3) is 3.52. The van der Waals surface area contributed by atoms with Gasteiger partial charge in [0.05, 0.1) is 17.1 Å². The van der Waals surface area contributed by atoms with E-state index >= 15 is 0 Å². The molecular weight excluding hydrogens is 297 g/mol. The first-order valence-electron chi connectivity index (χ1n) is 6.73. The van der Waals surface area contributed by atoms with Gasteiger partial charge in [-0.25, -0.2) is 4.39 Å². The van der Waals surface area contributed by atoms with Crippen LogP contribution < -0.4 is 4.74 Å². The lowest BCUT2D eigenvalue weighted by Gasteiger charge is -2.18. The highest BCUT2D eigenvalue weighted by atomic mass is 19.1. The van der Waals surface area contributed by atoms with E-state index in [2.05, 4.69) is 0 Å². The molecule has 0 aliphatic carbocycles. The fourth-order valence-corrected chi connectivity index (χ4v) is 2.09. The zero-order valence-electron chi connectivity index (χ0n) is 12.5. The highest BCUT2D eigenvalue weighted by molar-refractivity contribution is 5.32. The summed E-state index contributed by atoms with van der Waals surface area (Å²) in [6, 6.07) is 3.45. The number of hydrogen-bond donors (Lipinski definition) is 1. The van der Waals surface area contributed by atoms with Gasteiger partial charge < -0.3 is 19.3 Å². The molecule has 2 atom stereocenters. The third-order valence-corrected chi connectivity index (χ3v) is 3.31. The van der Waals surface area contributed by atoms with Gasteiger partial charge in [0.2, 0.25) is 0 Å². The lowest BCUT2D eigenvalue weighted by atomic mass is 10.0. The quantitative estimate of drug-likeness (QED) is 0.506. The molecule has 0 unspecified atom stereocenters. The molecule has 0 saturated carbocycles. The molecule has 0 spiro atoms. The fourth-order valence-electron chi connectivity index (χ4n) is 2.09. The van der Waals surface area contributed by atoms with Crippen molar-refractivity contribution in [3.63, 3.8) is 0 Å². The van der Waals surface area contributed by atoms with E-state index in [9.17, 15) is 19.6 Å². The summed E-state index contributed by atoms with van der Waals surface area (Å²) in [6.45, 7) is 4.96. The summed E-state index contributed by atoms with van der Waals surface area (Å²) in [5.41, 5.74) is -2.99. The van der Waals surface area contributed by atoms with Crippen molar-refractivity contribution >= 4 is 0 Å². The monoisotopic (exact) mass is 315 g/mol. The second-order valence-electron chi connectivity index (χ2n) is 5.68. The molecule has 1 aromatic rings. The van der Waals surface area contributed by atoms with Crippen molar-refractivity contribution in [2.45, 2.75) is 38.4 Å². The van der Waals surface area contributed by atoms with Crippen LogP contribution in [0.1, 0.15) is 26.3 Å². The molecule has 1 aromatic carbocycles. The van der Waals surface area contributed by atoms with Crippen molar-refractivity contribution in [2.75, 3.05) is 13.2 Å². The summed E-state index contributed by atoms with van der Waals surface area (Å²) in [5, 5.41) is 20.6. The van der Waals surface area contributed by atoms with E-state index in [4.69, 9.17) is 14.2 Å². The first-order valence-corrected chi connectivity index (χ1v) is 6.73. The molecule has 1 saturated heterocycles. The van der Waals surface area contributed by atoms with E-state index < -0.39 is 27.8 Å². The van der Waals surface area contributed by atoms with Gasteiger partial charge in [0.1, 0.15) is 24.3 Å². The predicted molar refractivity (Wildman–Crippen MR) is 73.4 cm³/mol. The minimum Gasteiger partial charge on any atom is -0.491 e. The zero-order chi connectivity index (χ0) is 16.5. The van der Waals surface area contributed by atoms with Crippen LogP contribution in [0.4, 0.5) is 4.39 Å². The number of benzene rings is 1. The average molecular weight is 315 g/mol. The summed E-state index contributed by atoms with van der Waals surface area (Å²) in [4.78, 5) is 9.87. The lowest BCUT2D eigenvalue weighted by Crippen LogP contribution is -2.32. The number of hydrogen-bond acceptors (Lipinski definition) is 6. The Labute approximate surface area is 126 Å². The van der Waals surface area contributed by atoms with Crippen LogP contribution in [-0.2, 0) is 15.2 Å². The van der Waals surface area contributed by atoms with Gasteiger partial charge in [-0.1, -0.05) is 0 Å². The van der Waals surface area contributed by atoms with Crippen molar-refractivity contribution in [2.24, 2.45) is 0 Å². The molecule has 1 aliphatic heterocycles. The summed E-state index contributed by atoms with van der Waals surface area (Å²) >= 11 is 0. The SMILES string of the molecule is CC1(C)OC[C@H](COc2ccc(F)c([C@](C)(O)[N+](=O)[O-])c2)O1. The molecule has 22 heavy (non-hydrogen) atoms. The molecule has 2 rings (SSSR count). The molecule has 1 aliphatic rings. The van der Waals surface area contributed by atoms with E-state index in [0.717, 1.165) is 19.1 Å². The van der Waals surface area contributed by atoms with Gasteiger partial charge in [0, 0.05) is 6.92 Å². The number of rotatable bonds is 5. The minimum absolute atomic E-state index is 0.148. The Bertz CT molecular complexity index is 574. The standard InChI is InChI=1S/C14H18FNO6/c1-13(2)21-8-10(22-13)7-20-9-4-5-12(15)11(6-9)14(3,17)16(18)19/h4-6,10,17H,7-8H2,1-3H3/t10-,14-/m0/s1. The Morgan fingerprint density at radius 3 is 2.82 bits per heavy atom. The minimum atomic E-state index is -2.53. The smallest absolute Gasteiger partial charge is 0.349 e. The Balaban J connectivity index is 2.09. The average Bonchev–Trinajstić information content (AvgIpc) is 2.77. The van der Waals surface area contributed by atoms with Gasteiger partial charge >= 0.3 is 5.72 Å². The largest absolute Gasteiger partial charge is 0.491 e. The van der Waals surface area contributed by atoms with Gasteiger partial charge in [0.25, 0.3) is 0 Å². The summed E-state index contributed by atoms with van der Waals surface area (Å²) in [6.07, 6.45) is -0.292. The first kappa shape index (κ1) is 16.6. The Hall–Kier alpha value is -1.77. The van der Waals surface area contributed by atoms with Crippen molar-refractivity contribution in [3.8, 4) is 5.75 Å². The number of aliphatic hydroxyl groups is 1. The van der Waals surface area contributed by atoms with Gasteiger partial charge in [-0.05, 0) is 32.0 Å². The summed E-state index contributed by atoms with van der Waals surface area (Å²) in [5.74, 6) is -1.36. The van der Waals surface area contributed by atoms with Crippen LogP contribution in [0.25, 0.3) is 0 Å². The third-order valence-electron chi connectivity index (χ3n) is 3.31. The zero-order valence-corrected chi connectivity index (χ0v) is 12.5. The molecule has 1 heterocycles. The molecule has 7 nitrogen and oxygen atoms in total. The van der Waals surface area contributed by atoms with Gasteiger partial charge in [0.15, 0.2) is 5.79 Å². The molecule has 122 valence electrons. The Morgan fingerprint density at radius 2 is 2.27 bits per heavy atom. The highest BCUT2D eigenvalue weighted by Gasteiger charge is 2.39. The topological polar surface area (TPSA) is 91.1 Å². The van der Waals surface area contributed by atoms with Crippen molar-refractivity contribution < 1.29 is 28.6 Å². The van der Waals surface area contributed by atoms with Crippen LogP contribution in [0.3, 0.4) is 0 Å². The maximum Gasteiger partial charge on any atom is 0.349 e. The maximum absolute atomic E-state index is 13.7. The van der Waals surface area contributed by atoms with Crippen LogP contribution in [0.2, 0.25) is 0 Å². The van der Waals surface area contributed by atoms with E-state index in [1.807, 2.05) is 0 Å². The number of ether oxygens (including phenoxy) is 3. The number of nitrogens with zero attached hydrogens (tertiary/aromatic N) is 1. The van der Waals surface area contributed by atoms with Gasteiger partial charge in [-0.15, -0.1) is 0 Å². The van der Waals surface area contributed by atoms with Crippen LogP contribution in [0.5, 0.6) is 5.75 Å². The molecule has 1 N–H and O–H groups in total. The van der Waals surface area contributed by atoms with Crippen LogP contribution in [0.15, 0.2) is 18.2 Å². The molecule has 0 radical (unpaired) electrons. The fraction of sp³-hybridized carbons (Fsp3) is 0.571. The Kier molecular flexibility index (Phi) is 4.37. The van der Waals surface area contributed by atoms with Crippen LogP contribution in [-0.4, -0.2) is 35.1 Å². The van der Waals surface area contributed by atoms with Crippen LogP contribution in [0, 0.1) is 15.9 Å². The second kappa shape index (κ2) is 5.79. The van der Waals surface area contributed by atoms with Crippen molar-refractivity contribution in [1.29, 1.82) is 0 Å². The van der Waals surface area contributed by atoms with E-state index in [1.165, 1.54) is 6.07 Å². The molecule has 0 bridgehead atoms. The second-order valence-corrected chi connectivity index (χ2v) is 5.68.